The van der Waals surface area contributed by atoms with Crippen LogP contribution in [-0.2, 0) is 9.53 Å². The van der Waals surface area contributed by atoms with Crippen molar-refractivity contribution in [3.05, 3.63) is 28.5 Å². The van der Waals surface area contributed by atoms with Crippen LogP contribution in [0.5, 0.6) is 0 Å². The fourth-order valence-corrected chi connectivity index (χ4v) is 2.34. The summed E-state index contributed by atoms with van der Waals surface area (Å²) >= 11 is 3.11. The molecule has 1 unspecified atom stereocenters. The molecule has 1 aromatic heterocycles. The van der Waals surface area contributed by atoms with Gasteiger partial charge in [0.05, 0.1) is 5.69 Å². The average Bonchev–Trinajstić information content (AvgIpc) is 2.93. The van der Waals surface area contributed by atoms with Crippen molar-refractivity contribution in [2.75, 3.05) is 19.7 Å². The summed E-state index contributed by atoms with van der Waals surface area (Å²) in [5, 5.41) is 0. The normalized spacial score (nSPS) is 17.0. The van der Waals surface area contributed by atoms with Gasteiger partial charge in [0.15, 0.2) is 6.10 Å². The van der Waals surface area contributed by atoms with Crippen molar-refractivity contribution in [2.45, 2.75) is 25.1 Å². The van der Waals surface area contributed by atoms with Gasteiger partial charge < -0.3 is 9.64 Å². The lowest BCUT2D eigenvalue weighted by molar-refractivity contribution is -0.225. The first-order chi connectivity index (χ1) is 9.88. The lowest BCUT2D eigenvalue weighted by Crippen LogP contribution is -2.34. The van der Waals surface area contributed by atoms with Crippen LogP contribution < -0.4 is 0 Å². The molecule has 1 aliphatic rings. The van der Waals surface area contributed by atoms with Crippen LogP contribution in [0, 0.1) is 0 Å². The van der Waals surface area contributed by atoms with E-state index in [0.29, 0.717) is 17.6 Å². The van der Waals surface area contributed by atoms with Crippen LogP contribution in [0.25, 0.3) is 0 Å². The summed E-state index contributed by atoms with van der Waals surface area (Å²) in [6.45, 7) is 0.562. The van der Waals surface area contributed by atoms with Crippen molar-refractivity contribution in [3.63, 3.8) is 0 Å². The molecule has 8 heteroatoms. The number of rotatable bonds is 4. The molecule has 116 valence electrons. The van der Waals surface area contributed by atoms with Gasteiger partial charge in [-0.3, -0.25) is 9.78 Å². The van der Waals surface area contributed by atoms with E-state index in [1.807, 2.05) is 0 Å². The van der Waals surface area contributed by atoms with Crippen LogP contribution in [0.1, 0.15) is 24.6 Å². The van der Waals surface area contributed by atoms with E-state index in [1.54, 1.807) is 0 Å². The van der Waals surface area contributed by atoms with E-state index in [-0.39, 0.29) is 5.69 Å². The smallest absolute Gasteiger partial charge is 0.353 e. The number of carbonyl (C=O) groups excluding carboxylic acids is 1. The maximum absolute atomic E-state index is 13.0. The summed E-state index contributed by atoms with van der Waals surface area (Å²) in [5.74, 6) is -0.418. The monoisotopic (exact) mass is 366 g/mol. The van der Waals surface area contributed by atoms with Crippen molar-refractivity contribution in [1.29, 1.82) is 0 Å². The highest BCUT2D eigenvalue weighted by molar-refractivity contribution is 9.10. The number of pyridine rings is 1. The van der Waals surface area contributed by atoms with E-state index in [2.05, 4.69) is 20.9 Å². The van der Waals surface area contributed by atoms with Crippen LogP contribution in [0.15, 0.2) is 22.8 Å². The number of carbonyl (C=O) groups is 1. The van der Waals surface area contributed by atoms with Crippen LogP contribution >= 0.6 is 15.9 Å². The van der Waals surface area contributed by atoms with Crippen LogP contribution in [-0.4, -0.2) is 41.7 Å². The third kappa shape index (κ3) is 4.41. The first kappa shape index (κ1) is 16.2. The predicted octanol–water partition coefficient (Wildman–Crippen LogP) is 3.09. The second-order valence-corrected chi connectivity index (χ2v) is 5.64. The van der Waals surface area contributed by atoms with Gasteiger partial charge in [-0.25, -0.2) is 0 Å². The molecule has 1 aromatic rings. The first-order valence-corrected chi connectivity index (χ1v) is 7.25. The number of ether oxygens (including phenoxy) is 1. The quantitative estimate of drug-likeness (QED) is 0.822. The minimum absolute atomic E-state index is 0.264. The molecule has 0 spiro atoms. The fourth-order valence-electron chi connectivity index (χ4n) is 2.10. The molecule has 0 aliphatic carbocycles. The minimum Gasteiger partial charge on any atom is -0.353 e. The summed E-state index contributed by atoms with van der Waals surface area (Å²) in [6, 6.07) is 2.68. The van der Waals surface area contributed by atoms with Gasteiger partial charge in [0, 0.05) is 23.8 Å². The SMILES string of the molecule is O=C(COC(c1ccc(Br)cn1)C(F)(F)F)N1CCCC1. The number of nitrogens with zero attached hydrogens (tertiary/aromatic N) is 2. The van der Waals surface area contributed by atoms with Crippen molar-refractivity contribution in [2.24, 2.45) is 0 Å². The Hall–Kier alpha value is -1.15. The molecule has 1 amide bonds. The Kier molecular flexibility index (Phi) is 5.21. The zero-order chi connectivity index (χ0) is 15.5. The number of amides is 1. The third-order valence-electron chi connectivity index (χ3n) is 3.15. The number of alkyl halides is 3. The predicted molar refractivity (Wildman–Crippen MR) is 72.5 cm³/mol. The summed E-state index contributed by atoms with van der Waals surface area (Å²) in [6.07, 6.45) is -3.80. The number of hydrogen-bond acceptors (Lipinski definition) is 3. The Labute approximate surface area is 128 Å². The van der Waals surface area contributed by atoms with E-state index in [4.69, 9.17) is 4.74 Å². The Morgan fingerprint density at radius 1 is 1.38 bits per heavy atom. The number of aromatic nitrogens is 1. The summed E-state index contributed by atoms with van der Waals surface area (Å²) in [5.41, 5.74) is -0.264. The molecule has 1 saturated heterocycles. The van der Waals surface area contributed by atoms with Gasteiger partial charge in [0.1, 0.15) is 6.61 Å². The first-order valence-electron chi connectivity index (χ1n) is 6.45. The highest BCUT2D eigenvalue weighted by Gasteiger charge is 2.43. The van der Waals surface area contributed by atoms with E-state index in [9.17, 15) is 18.0 Å². The van der Waals surface area contributed by atoms with Crippen LogP contribution in [0.4, 0.5) is 13.2 Å². The maximum Gasteiger partial charge on any atom is 0.420 e. The van der Waals surface area contributed by atoms with Crippen molar-refractivity contribution in [1.82, 2.24) is 9.88 Å². The van der Waals surface area contributed by atoms with Crippen LogP contribution in [0.2, 0.25) is 0 Å². The van der Waals surface area contributed by atoms with E-state index in [0.717, 1.165) is 12.8 Å². The van der Waals surface area contributed by atoms with Gasteiger partial charge in [-0.1, -0.05) is 0 Å². The molecule has 1 fully saturated rings. The molecule has 0 bridgehead atoms. The molecule has 2 heterocycles. The third-order valence-corrected chi connectivity index (χ3v) is 3.62. The molecule has 0 saturated carbocycles. The van der Waals surface area contributed by atoms with Crippen molar-refractivity contribution < 1.29 is 22.7 Å². The molecular formula is C13H14BrF3N2O2. The molecule has 0 aromatic carbocycles. The van der Waals surface area contributed by atoms with E-state index in [1.165, 1.54) is 23.2 Å². The molecule has 0 N–H and O–H groups in total. The number of halogens is 4. The van der Waals surface area contributed by atoms with Crippen molar-refractivity contribution in [3.8, 4) is 0 Å². The average molecular weight is 367 g/mol. The van der Waals surface area contributed by atoms with Gasteiger partial charge in [-0.15, -0.1) is 0 Å². The largest absolute Gasteiger partial charge is 0.420 e. The van der Waals surface area contributed by atoms with E-state index >= 15 is 0 Å². The summed E-state index contributed by atoms with van der Waals surface area (Å²) < 4.78 is 44.5. The van der Waals surface area contributed by atoms with Crippen molar-refractivity contribution >= 4 is 21.8 Å². The van der Waals surface area contributed by atoms with Crippen LogP contribution in [0.3, 0.4) is 0 Å². The molecule has 1 atom stereocenters. The van der Waals surface area contributed by atoms with E-state index < -0.39 is 24.8 Å². The van der Waals surface area contributed by atoms with Gasteiger partial charge in [0.25, 0.3) is 0 Å². The second kappa shape index (κ2) is 6.74. The zero-order valence-corrected chi connectivity index (χ0v) is 12.7. The molecular weight excluding hydrogens is 353 g/mol. The topological polar surface area (TPSA) is 42.4 Å². The van der Waals surface area contributed by atoms with Gasteiger partial charge in [-0.2, -0.15) is 13.2 Å². The zero-order valence-electron chi connectivity index (χ0n) is 11.1. The molecule has 2 rings (SSSR count). The van der Waals surface area contributed by atoms with Gasteiger partial charge in [-0.05, 0) is 40.9 Å². The standard InChI is InChI=1S/C13H14BrF3N2O2/c14-9-3-4-10(18-7-9)12(13(15,16)17)21-8-11(20)19-5-1-2-6-19/h3-4,7,12H,1-2,5-6,8H2. The summed E-state index contributed by atoms with van der Waals surface area (Å²) in [4.78, 5) is 17.0. The molecule has 4 nitrogen and oxygen atoms in total. The van der Waals surface area contributed by atoms with Gasteiger partial charge in [0.2, 0.25) is 5.91 Å². The van der Waals surface area contributed by atoms with Gasteiger partial charge >= 0.3 is 6.18 Å². The fraction of sp³-hybridized carbons (Fsp3) is 0.538. The highest BCUT2D eigenvalue weighted by atomic mass is 79.9. The highest BCUT2D eigenvalue weighted by Crippen LogP contribution is 2.35. The Bertz CT molecular complexity index is 487. The number of hydrogen-bond donors (Lipinski definition) is 0. The molecule has 1 aliphatic heterocycles. The Morgan fingerprint density at radius 2 is 2.05 bits per heavy atom. The minimum atomic E-state index is -4.62. The molecule has 21 heavy (non-hydrogen) atoms. The Balaban J connectivity index is 2.03. The lowest BCUT2D eigenvalue weighted by Gasteiger charge is -2.22. The second-order valence-electron chi connectivity index (χ2n) is 4.72. The maximum atomic E-state index is 13.0. The molecule has 0 radical (unpaired) electrons. The number of likely N-dealkylation sites (tertiary alicyclic amines) is 1. The summed E-state index contributed by atoms with van der Waals surface area (Å²) in [7, 11) is 0. The lowest BCUT2D eigenvalue weighted by atomic mass is 10.2. The Morgan fingerprint density at radius 3 is 2.57 bits per heavy atom.